The molecule has 2 aliphatic rings. The summed E-state index contributed by atoms with van der Waals surface area (Å²) < 4.78 is 4.51. The van der Waals surface area contributed by atoms with Crippen molar-refractivity contribution in [3.63, 3.8) is 0 Å². The number of nitrogens with zero attached hydrogens (tertiary/aromatic N) is 6. The molecule has 0 aliphatic carbocycles. The van der Waals surface area contributed by atoms with Gasteiger partial charge >= 0.3 is 11.9 Å². The van der Waals surface area contributed by atoms with E-state index in [0.29, 0.717) is 20.7 Å². The second-order valence-electron chi connectivity index (χ2n) is 7.55. The maximum atomic E-state index is 13.0. The largest absolute Gasteiger partial charge is 0.478 e. The summed E-state index contributed by atoms with van der Waals surface area (Å²) >= 11 is 4.65. The van der Waals surface area contributed by atoms with E-state index in [0.717, 1.165) is 16.4 Å². The quantitative estimate of drug-likeness (QED) is 0.0911. The number of nitrogens with two attached hydrogens (primary N) is 2. The number of carboxylic acid groups (broad SMARTS) is 2. The van der Waals surface area contributed by atoms with E-state index in [-0.39, 0.29) is 29.0 Å². The van der Waals surface area contributed by atoms with Crippen molar-refractivity contribution in [3.05, 3.63) is 22.1 Å². The monoisotopic (exact) mass is 601 g/mol. The van der Waals surface area contributed by atoms with Gasteiger partial charge in [0.1, 0.15) is 22.1 Å². The van der Waals surface area contributed by atoms with Crippen LogP contribution < -0.4 is 16.8 Å². The molecule has 3 atom stereocenters. The number of oxime groups is 1. The molecule has 2 aromatic rings. The third-order valence-corrected chi connectivity index (χ3v) is 9.10. The minimum Gasteiger partial charge on any atom is -0.478 e. The minimum absolute atomic E-state index is 0.0231. The van der Waals surface area contributed by atoms with Gasteiger partial charge in [-0.15, -0.1) is 22.0 Å². The van der Waals surface area contributed by atoms with Gasteiger partial charge < -0.3 is 31.8 Å². The SMILES string of the molecule is CC(O/N=C(/C(=O)NC1C(=O)N2C(C(=O)O)=C(CSc3nnc(CN)s3)CSC12)c1nsc(N)n1)C(=O)O. The van der Waals surface area contributed by atoms with Crippen LogP contribution in [-0.2, 0) is 30.6 Å². The fourth-order valence-corrected chi connectivity index (χ4v) is 6.92. The first-order valence-electron chi connectivity index (χ1n) is 10.5. The summed E-state index contributed by atoms with van der Waals surface area (Å²) in [5.74, 6) is -3.81. The Labute approximate surface area is 230 Å². The van der Waals surface area contributed by atoms with Crippen molar-refractivity contribution >= 4 is 81.0 Å². The lowest BCUT2D eigenvalue weighted by Gasteiger charge is -2.49. The number of anilines is 1. The summed E-state index contributed by atoms with van der Waals surface area (Å²) in [5.41, 5.74) is 11.0. The number of carbonyl (C=O) groups is 4. The lowest BCUT2D eigenvalue weighted by atomic mass is 10.0. The molecular weight excluding hydrogens is 583 g/mol. The molecule has 38 heavy (non-hydrogen) atoms. The number of hydrogen-bond donors (Lipinski definition) is 5. The Bertz CT molecular complexity index is 1340. The van der Waals surface area contributed by atoms with Gasteiger partial charge in [-0.2, -0.15) is 9.36 Å². The maximum absolute atomic E-state index is 13.0. The molecule has 1 fully saturated rings. The second-order valence-corrected chi connectivity index (χ2v) is 11.7. The number of aromatic nitrogens is 4. The predicted octanol–water partition coefficient (Wildman–Crippen LogP) is -0.845. The van der Waals surface area contributed by atoms with Crippen LogP contribution in [0.5, 0.6) is 0 Å². The predicted molar refractivity (Wildman–Crippen MR) is 137 cm³/mol. The van der Waals surface area contributed by atoms with Gasteiger partial charge in [0.25, 0.3) is 11.8 Å². The zero-order valence-corrected chi connectivity index (χ0v) is 22.5. The molecule has 202 valence electrons. The molecule has 4 heterocycles. The van der Waals surface area contributed by atoms with Crippen molar-refractivity contribution in [1.82, 2.24) is 29.8 Å². The summed E-state index contributed by atoms with van der Waals surface area (Å²) in [6.07, 6.45) is -1.38. The fourth-order valence-electron chi connectivity index (χ4n) is 3.22. The van der Waals surface area contributed by atoms with E-state index in [1.165, 1.54) is 41.8 Å². The van der Waals surface area contributed by atoms with E-state index < -0.39 is 47.0 Å². The normalized spacial score (nSPS) is 20.0. The van der Waals surface area contributed by atoms with Gasteiger partial charge in [-0.3, -0.25) is 14.5 Å². The average Bonchev–Trinajstić information content (AvgIpc) is 3.53. The molecule has 16 nitrogen and oxygen atoms in total. The topological polar surface area (TPSA) is 249 Å². The number of amides is 2. The highest BCUT2D eigenvalue weighted by atomic mass is 32.2. The Morgan fingerprint density at radius 3 is 2.71 bits per heavy atom. The van der Waals surface area contributed by atoms with E-state index in [1.807, 2.05) is 0 Å². The van der Waals surface area contributed by atoms with Gasteiger partial charge in [0, 0.05) is 29.6 Å². The van der Waals surface area contributed by atoms with E-state index >= 15 is 0 Å². The molecule has 0 bridgehead atoms. The zero-order chi connectivity index (χ0) is 27.6. The Morgan fingerprint density at radius 1 is 1.34 bits per heavy atom. The first kappa shape index (κ1) is 27.7. The number of fused-ring (bicyclic) bond motifs is 1. The number of rotatable bonds is 11. The van der Waals surface area contributed by atoms with Crippen LogP contribution >= 0.6 is 46.4 Å². The third kappa shape index (κ3) is 5.72. The van der Waals surface area contributed by atoms with E-state index in [1.54, 1.807) is 0 Å². The summed E-state index contributed by atoms with van der Waals surface area (Å²) in [6, 6.07) is -1.08. The summed E-state index contributed by atoms with van der Waals surface area (Å²) in [5, 5.41) is 32.8. The van der Waals surface area contributed by atoms with Crippen molar-refractivity contribution in [3.8, 4) is 0 Å². The van der Waals surface area contributed by atoms with Crippen LogP contribution in [0.3, 0.4) is 0 Å². The molecule has 4 rings (SSSR count). The molecule has 7 N–H and O–H groups in total. The number of carbonyl (C=O) groups excluding carboxylic acids is 2. The molecule has 20 heteroatoms. The van der Waals surface area contributed by atoms with Gasteiger partial charge in [0.15, 0.2) is 9.47 Å². The molecule has 0 saturated carbocycles. The van der Waals surface area contributed by atoms with Crippen molar-refractivity contribution in [2.75, 3.05) is 17.2 Å². The Hall–Kier alpha value is -3.33. The highest BCUT2D eigenvalue weighted by Gasteiger charge is 2.54. The highest BCUT2D eigenvalue weighted by molar-refractivity contribution is 8.01. The fraction of sp³-hybridized carbons (Fsp3) is 0.389. The van der Waals surface area contributed by atoms with Crippen molar-refractivity contribution in [2.24, 2.45) is 10.9 Å². The van der Waals surface area contributed by atoms with Gasteiger partial charge in [-0.1, -0.05) is 28.3 Å². The van der Waals surface area contributed by atoms with E-state index in [2.05, 4.69) is 30.0 Å². The van der Waals surface area contributed by atoms with Gasteiger partial charge in [-0.05, 0) is 12.5 Å². The maximum Gasteiger partial charge on any atom is 0.352 e. The first-order chi connectivity index (χ1) is 18.1. The highest BCUT2D eigenvalue weighted by Crippen LogP contribution is 2.41. The van der Waals surface area contributed by atoms with Crippen LogP contribution in [0.1, 0.15) is 17.8 Å². The average molecular weight is 602 g/mol. The van der Waals surface area contributed by atoms with Crippen LogP contribution in [-0.4, -0.2) is 93.2 Å². The van der Waals surface area contributed by atoms with E-state index in [9.17, 15) is 24.3 Å². The molecule has 1 saturated heterocycles. The number of hydrogen-bond acceptors (Lipinski definition) is 16. The van der Waals surface area contributed by atoms with Crippen molar-refractivity contribution in [2.45, 2.75) is 35.3 Å². The standard InChI is InChI=1S/C18H19N9O7S4/c1-5(15(30)31)34-25-8(11-22-17(20)38-26-11)12(28)21-9-13(29)27-10(16(32)33)6(3-35-14(9)27)4-36-18-24-23-7(2-19)37-18/h5,9,14H,2-4,19H2,1H3,(H,21,28)(H,30,31)(H,32,33)(H2,20,22,26)/b25-8+. The third-order valence-electron chi connectivity index (χ3n) is 5.05. The Kier molecular flexibility index (Phi) is 8.45. The molecule has 0 spiro atoms. The number of nitrogens with one attached hydrogen (secondary N) is 1. The summed E-state index contributed by atoms with van der Waals surface area (Å²) in [4.78, 5) is 59.0. The Morgan fingerprint density at radius 2 is 2.11 bits per heavy atom. The molecule has 2 amide bonds. The van der Waals surface area contributed by atoms with Crippen LogP contribution in [0.2, 0.25) is 0 Å². The van der Waals surface area contributed by atoms with Gasteiger partial charge in [-0.25, -0.2) is 9.59 Å². The lowest BCUT2D eigenvalue weighted by Crippen LogP contribution is -2.71. The number of nitrogen functional groups attached to an aromatic ring is 1. The minimum atomic E-state index is -1.38. The Balaban J connectivity index is 1.49. The number of carboxylic acids is 2. The number of thioether (sulfide) groups is 2. The first-order valence-corrected chi connectivity index (χ1v) is 14.1. The second kappa shape index (κ2) is 11.6. The van der Waals surface area contributed by atoms with Crippen molar-refractivity contribution < 1.29 is 34.2 Å². The van der Waals surface area contributed by atoms with Crippen molar-refractivity contribution in [1.29, 1.82) is 0 Å². The number of aliphatic carboxylic acids is 2. The molecule has 2 aliphatic heterocycles. The smallest absolute Gasteiger partial charge is 0.352 e. The molecule has 0 aromatic carbocycles. The molecule has 3 unspecified atom stereocenters. The van der Waals surface area contributed by atoms with Crippen LogP contribution in [0.4, 0.5) is 5.13 Å². The van der Waals surface area contributed by atoms with Gasteiger partial charge in [0.2, 0.25) is 17.6 Å². The van der Waals surface area contributed by atoms with Gasteiger partial charge in [0.05, 0.1) is 0 Å². The van der Waals surface area contributed by atoms with E-state index in [4.69, 9.17) is 21.4 Å². The molecule has 2 aromatic heterocycles. The zero-order valence-electron chi connectivity index (χ0n) is 19.3. The lowest BCUT2D eigenvalue weighted by molar-refractivity contribution is -0.150. The van der Waals surface area contributed by atoms with Crippen LogP contribution in [0.15, 0.2) is 20.8 Å². The summed E-state index contributed by atoms with van der Waals surface area (Å²) in [6.45, 7) is 1.45. The van der Waals surface area contributed by atoms with Crippen LogP contribution in [0, 0.1) is 0 Å². The molecule has 0 radical (unpaired) electrons. The molecular formula is C18H19N9O7S4. The van der Waals surface area contributed by atoms with Crippen LogP contribution in [0.25, 0.3) is 0 Å². The summed E-state index contributed by atoms with van der Waals surface area (Å²) in [7, 11) is 0. The number of β-lactam (4-membered cyclic amide) rings is 1.